The van der Waals surface area contributed by atoms with E-state index in [4.69, 9.17) is 4.74 Å². The molecule has 120 valence electrons. The van der Waals surface area contributed by atoms with Gasteiger partial charge in [-0.15, -0.1) is 0 Å². The zero-order chi connectivity index (χ0) is 15.6. The summed E-state index contributed by atoms with van der Waals surface area (Å²) < 4.78 is 6.64. The fourth-order valence-electron chi connectivity index (χ4n) is 3.37. The van der Waals surface area contributed by atoms with Crippen molar-refractivity contribution in [3.05, 3.63) is 34.3 Å². The standard InChI is InChI=1S/C17H23BrN2O2/c1-12-15(19-9-10-22-12)16(21)20-11-17(7-2-8-17)13-3-5-14(18)6-4-13/h3-6,12,15,19H,2,7-11H2,1H3,(H,20,21)/t12-,15+/m1/s1. The normalized spacial score (nSPS) is 27.0. The van der Waals surface area contributed by atoms with E-state index in [-0.39, 0.29) is 23.5 Å². The van der Waals surface area contributed by atoms with Gasteiger partial charge in [0.25, 0.3) is 0 Å². The fourth-order valence-corrected chi connectivity index (χ4v) is 3.63. The molecule has 3 rings (SSSR count). The number of amides is 1. The molecule has 0 aromatic heterocycles. The monoisotopic (exact) mass is 366 g/mol. The van der Waals surface area contributed by atoms with Gasteiger partial charge in [0.15, 0.2) is 0 Å². The van der Waals surface area contributed by atoms with Crippen molar-refractivity contribution in [1.29, 1.82) is 0 Å². The molecular weight excluding hydrogens is 344 g/mol. The summed E-state index contributed by atoms with van der Waals surface area (Å²) in [6.45, 7) is 4.07. The number of nitrogens with one attached hydrogen (secondary N) is 2. The molecule has 1 aliphatic carbocycles. The third-order valence-electron chi connectivity index (χ3n) is 4.97. The van der Waals surface area contributed by atoms with Crippen molar-refractivity contribution in [2.75, 3.05) is 19.7 Å². The quantitative estimate of drug-likeness (QED) is 0.859. The topological polar surface area (TPSA) is 50.4 Å². The maximum atomic E-state index is 12.4. The van der Waals surface area contributed by atoms with Crippen LogP contribution in [0.15, 0.2) is 28.7 Å². The summed E-state index contributed by atoms with van der Waals surface area (Å²) in [6.07, 6.45) is 3.43. The van der Waals surface area contributed by atoms with E-state index in [0.29, 0.717) is 13.2 Å². The molecule has 2 fully saturated rings. The summed E-state index contributed by atoms with van der Waals surface area (Å²) in [5.74, 6) is 0.0515. The van der Waals surface area contributed by atoms with Crippen LogP contribution in [0.1, 0.15) is 31.7 Å². The lowest BCUT2D eigenvalue weighted by Gasteiger charge is -2.43. The summed E-state index contributed by atoms with van der Waals surface area (Å²) in [7, 11) is 0. The Morgan fingerprint density at radius 1 is 1.41 bits per heavy atom. The molecule has 1 amide bonds. The van der Waals surface area contributed by atoms with Crippen molar-refractivity contribution >= 4 is 21.8 Å². The Bertz CT molecular complexity index is 528. The largest absolute Gasteiger partial charge is 0.375 e. The van der Waals surface area contributed by atoms with Crippen LogP contribution in [0.5, 0.6) is 0 Å². The Balaban J connectivity index is 1.63. The second-order valence-electron chi connectivity index (χ2n) is 6.37. The molecule has 4 nitrogen and oxygen atoms in total. The summed E-state index contributed by atoms with van der Waals surface area (Å²) in [5.41, 5.74) is 1.43. The van der Waals surface area contributed by atoms with Crippen LogP contribution in [0.3, 0.4) is 0 Å². The Morgan fingerprint density at radius 2 is 2.14 bits per heavy atom. The van der Waals surface area contributed by atoms with Crippen LogP contribution in [-0.2, 0) is 14.9 Å². The Labute approximate surface area is 140 Å². The molecule has 0 unspecified atom stereocenters. The van der Waals surface area contributed by atoms with Crippen molar-refractivity contribution in [3.8, 4) is 0 Å². The Hall–Kier alpha value is -0.910. The number of rotatable bonds is 4. The average molecular weight is 367 g/mol. The molecule has 1 heterocycles. The number of benzene rings is 1. The highest BCUT2D eigenvalue weighted by Crippen LogP contribution is 2.43. The fraction of sp³-hybridized carbons (Fsp3) is 0.588. The maximum Gasteiger partial charge on any atom is 0.239 e. The number of halogens is 1. The van der Waals surface area contributed by atoms with E-state index in [1.807, 2.05) is 6.92 Å². The number of hydrogen-bond donors (Lipinski definition) is 2. The van der Waals surface area contributed by atoms with Crippen molar-refractivity contribution in [2.24, 2.45) is 0 Å². The number of ether oxygens (including phenoxy) is 1. The van der Waals surface area contributed by atoms with Crippen molar-refractivity contribution < 1.29 is 9.53 Å². The second kappa shape index (κ2) is 6.69. The second-order valence-corrected chi connectivity index (χ2v) is 7.28. The average Bonchev–Trinajstić information content (AvgIpc) is 2.48. The molecule has 1 saturated carbocycles. The van der Waals surface area contributed by atoms with Gasteiger partial charge in [0, 0.05) is 23.0 Å². The van der Waals surface area contributed by atoms with E-state index >= 15 is 0 Å². The van der Waals surface area contributed by atoms with Crippen LogP contribution in [-0.4, -0.2) is 37.7 Å². The molecule has 1 aromatic carbocycles. The molecule has 0 bridgehead atoms. The van der Waals surface area contributed by atoms with E-state index in [1.54, 1.807) is 0 Å². The Morgan fingerprint density at radius 3 is 2.73 bits per heavy atom. The zero-order valence-electron chi connectivity index (χ0n) is 12.9. The van der Waals surface area contributed by atoms with Gasteiger partial charge in [-0.3, -0.25) is 4.79 Å². The molecule has 1 aromatic rings. The summed E-state index contributed by atoms with van der Waals surface area (Å²) in [5, 5.41) is 6.39. The molecule has 1 saturated heterocycles. The lowest BCUT2D eigenvalue weighted by Crippen LogP contribution is -2.57. The van der Waals surface area contributed by atoms with Crippen LogP contribution in [0, 0.1) is 0 Å². The van der Waals surface area contributed by atoms with Gasteiger partial charge in [-0.05, 0) is 37.5 Å². The zero-order valence-corrected chi connectivity index (χ0v) is 14.5. The molecule has 2 aliphatic rings. The molecule has 2 atom stereocenters. The van der Waals surface area contributed by atoms with Crippen molar-refractivity contribution in [3.63, 3.8) is 0 Å². The van der Waals surface area contributed by atoms with Crippen LogP contribution in [0.4, 0.5) is 0 Å². The summed E-state index contributed by atoms with van der Waals surface area (Å²) >= 11 is 3.48. The van der Waals surface area contributed by atoms with Crippen LogP contribution >= 0.6 is 15.9 Å². The first-order valence-corrected chi connectivity index (χ1v) is 8.79. The van der Waals surface area contributed by atoms with Crippen LogP contribution in [0.2, 0.25) is 0 Å². The van der Waals surface area contributed by atoms with Gasteiger partial charge < -0.3 is 15.4 Å². The van der Waals surface area contributed by atoms with Gasteiger partial charge in [0.2, 0.25) is 5.91 Å². The minimum atomic E-state index is -0.240. The third kappa shape index (κ3) is 3.21. The number of morpholine rings is 1. The van der Waals surface area contributed by atoms with Crippen molar-refractivity contribution in [2.45, 2.75) is 43.7 Å². The first-order valence-electron chi connectivity index (χ1n) is 7.99. The van der Waals surface area contributed by atoms with E-state index in [2.05, 4.69) is 50.8 Å². The molecule has 1 aliphatic heterocycles. The van der Waals surface area contributed by atoms with Crippen LogP contribution in [0.25, 0.3) is 0 Å². The maximum absolute atomic E-state index is 12.4. The highest BCUT2D eigenvalue weighted by atomic mass is 79.9. The van der Waals surface area contributed by atoms with Gasteiger partial charge in [-0.25, -0.2) is 0 Å². The van der Waals surface area contributed by atoms with E-state index in [0.717, 1.165) is 23.9 Å². The van der Waals surface area contributed by atoms with Crippen molar-refractivity contribution in [1.82, 2.24) is 10.6 Å². The van der Waals surface area contributed by atoms with Crippen LogP contribution < -0.4 is 10.6 Å². The number of carbonyl (C=O) groups excluding carboxylic acids is 1. The van der Waals surface area contributed by atoms with Gasteiger partial charge >= 0.3 is 0 Å². The molecule has 2 N–H and O–H groups in total. The lowest BCUT2D eigenvalue weighted by molar-refractivity contribution is -0.129. The molecule has 0 radical (unpaired) electrons. The van der Waals surface area contributed by atoms with Gasteiger partial charge in [-0.1, -0.05) is 34.5 Å². The summed E-state index contributed by atoms with van der Waals surface area (Å²) in [4.78, 5) is 12.4. The molecule has 5 heteroatoms. The SMILES string of the molecule is C[C@H]1OCCN[C@@H]1C(=O)NCC1(c2ccc(Br)cc2)CCC1. The van der Waals surface area contributed by atoms with Gasteiger partial charge in [-0.2, -0.15) is 0 Å². The third-order valence-corrected chi connectivity index (χ3v) is 5.50. The minimum absolute atomic E-state index is 0.0515. The first kappa shape index (κ1) is 16.0. The molecule has 22 heavy (non-hydrogen) atoms. The molecular formula is C17H23BrN2O2. The van der Waals surface area contributed by atoms with Gasteiger partial charge in [0.1, 0.15) is 6.04 Å². The minimum Gasteiger partial charge on any atom is -0.375 e. The highest BCUT2D eigenvalue weighted by Gasteiger charge is 2.39. The predicted molar refractivity (Wildman–Crippen MR) is 89.9 cm³/mol. The Kier molecular flexibility index (Phi) is 4.85. The first-order chi connectivity index (χ1) is 10.6. The number of carbonyl (C=O) groups is 1. The van der Waals surface area contributed by atoms with E-state index < -0.39 is 0 Å². The van der Waals surface area contributed by atoms with Gasteiger partial charge in [0.05, 0.1) is 12.7 Å². The predicted octanol–water partition coefficient (Wildman–Crippen LogP) is 2.36. The van der Waals surface area contributed by atoms with E-state index in [1.165, 1.54) is 12.0 Å². The smallest absolute Gasteiger partial charge is 0.239 e. The van der Waals surface area contributed by atoms with E-state index in [9.17, 15) is 4.79 Å². The highest BCUT2D eigenvalue weighted by molar-refractivity contribution is 9.10. The number of hydrogen-bond acceptors (Lipinski definition) is 3. The molecule has 0 spiro atoms. The lowest BCUT2D eigenvalue weighted by atomic mass is 9.64. The summed E-state index contributed by atoms with van der Waals surface area (Å²) in [6, 6.07) is 8.25.